The van der Waals surface area contributed by atoms with E-state index in [0.717, 1.165) is 23.1 Å². The van der Waals surface area contributed by atoms with Gasteiger partial charge in [-0.25, -0.2) is 0 Å². The van der Waals surface area contributed by atoms with Crippen molar-refractivity contribution in [3.05, 3.63) is 88.3 Å². The van der Waals surface area contributed by atoms with Gasteiger partial charge < -0.3 is 14.8 Å². The van der Waals surface area contributed by atoms with Gasteiger partial charge in [0.25, 0.3) is 13.3 Å². The Morgan fingerprint density at radius 3 is 2.70 bits per heavy atom. The molecule has 1 atom stereocenters. The molecule has 0 aliphatic heterocycles. The Balaban J connectivity index is 1.87. The molecule has 2 heterocycles. The molecule has 0 fully saturated rings. The number of aryl methyl sites for hydroxylation is 2. The Labute approximate surface area is 197 Å². The van der Waals surface area contributed by atoms with E-state index in [1.54, 1.807) is 36.7 Å². The Morgan fingerprint density at radius 2 is 2.00 bits per heavy atom. The van der Waals surface area contributed by atoms with Crippen molar-refractivity contribution >= 4 is 46.4 Å². The maximum Gasteiger partial charge on any atom is 0.268 e. The Hall–Kier alpha value is -2.92. The fraction of sp³-hybridized carbons (Fsp3) is 0.200. The van der Waals surface area contributed by atoms with Crippen LogP contribution in [0.15, 0.2) is 60.9 Å². The number of aromatic amines is 1. The Morgan fingerprint density at radius 1 is 1.18 bits per heavy atom. The van der Waals surface area contributed by atoms with Gasteiger partial charge in [0.05, 0.1) is 5.30 Å². The molecule has 0 spiro atoms. The van der Waals surface area contributed by atoms with Crippen molar-refractivity contribution in [2.75, 3.05) is 7.11 Å². The van der Waals surface area contributed by atoms with E-state index in [2.05, 4.69) is 21.4 Å². The van der Waals surface area contributed by atoms with E-state index in [4.69, 9.17) is 16.1 Å². The molecule has 0 saturated carbocycles. The summed E-state index contributed by atoms with van der Waals surface area (Å²) in [7, 11) is -2.23. The average Bonchev–Trinajstić information content (AvgIpc) is 3.21. The molecule has 4 rings (SSSR count). The molecular formula is C25H25ClN3O3P. The maximum absolute atomic E-state index is 14.5. The van der Waals surface area contributed by atoms with Crippen LogP contribution in [0.2, 0.25) is 5.02 Å². The van der Waals surface area contributed by atoms with Crippen LogP contribution in [0, 0.1) is 6.92 Å². The first-order valence-electron chi connectivity index (χ1n) is 10.6. The van der Waals surface area contributed by atoms with E-state index in [-0.39, 0.29) is 18.1 Å². The maximum atomic E-state index is 14.5. The fourth-order valence-electron chi connectivity index (χ4n) is 3.93. The van der Waals surface area contributed by atoms with Gasteiger partial charge in [-0.3, -0.25) is 14.3 Å². The first-order chi connectivity index (χ1) is 15.9. The van der Waals surface area contributed by atoms with E-state index >= 15 is 0 Å². The van der Waals surface area contributed by atoms with Gasteiger partial charge in [-0.1, -0.05) is 36.2 Å². The van der Waals surface area contributed by atoms with Crippen molar-refractivity contribution in [2.45, 2.75) is 26.8 Å². The minimum Gasteiger partial charge on any atom is -0.350 e. The van der Waals surface area contributed by atoms with Crippen LogP contribution in [-0.4, -0.2) is 23.0 Å². The zero-order valence-electron chi connectivity index (χ0n) is 18.7. The molecule has 6 nitrogen and oxygen atoms in total. The van der Waals surface area contributed by atoms with Crippen molar-refractivity contribution in [1.29, 1.82) is 0 Å². The van der Waals surface area contributed by atoms with E-state index < -0.39 is 7.37 Å². The summed E-state index contributed by atoms with van der Waals surface area (Å²) < 4.78 is 20.2. The molecule has 33 heavy (non-hydrogen) atoms. The van der Waals surface area contributed by atoms with Gasteiger partial charge in [-0.05, 0) is 60.9 Å². The van der Waals surface area contributed by atoms with E-state index in [1.165, 1.54) is 7.11 Å². The molecule has 8 heteroatoms. The normalized spacial score (nSPS) is 13.1. The van der Waals surface area contributed by atoms with E-state index in [0.29, 0.717) is 26.5 Å². The lowest BCUT2D eigenvalue weighted by atomic mass is 10.1. The number of benzene rings is 2. The molecule has 0 radical (unpaired) electrons. The van der Waals surface area contributed by atoms with Gasteiger partial charge in [-0.15, -0.1) is 0 Å². The van der Waals surface area contributed by atoms with Crippen molar-refractivity contribution in [3.63, 3.8) is 0 Å². The molecule has 2 aromatic heterocycles. The third-order valence-corrected chi connectivity index (χ3v) is 8.30. The van der Waals surface area contributed by atoms with Gasteiger partial charge in [0, 0.05) is 47.3 Å². The molecule has 170 valence electrons. The van der Waals surface area contributed by atoms with Gasteiger partial charge in [-0.2, -0.15) is 0 Å². The highest BCUT2D eigenvalue weighted by atomic mass is 35.5. The molecule has 1 unspecified atom stereocenters. The molecule has 0 aliphatic rings. The van der Waals surface area contributed by atoms with Crippen molar-refractivity contribution in [1.82, 2.24) is 15.3 Å². The Bertz CT molecular complexity index is 1370. The number of halogens is 1. The lowest BCUT2D eigenvalue weighted by Crippen LogP contribution is -2.30. The minimum atomic E-state index is -3.64. The lowest BCUT2D eigenvalue weighted by Gasteiger charge is -2.19. The van der Waals surface area contributed by atoms with Crippen LogP contribution in [0.4, 0.5) is 0 Å². The predicted molar refractivity (Wildman–Crippen MR) is 133 cm³/mol. The summed E-state index contributed by atoms with van der Waals surface area (Å²) in [5.74, 6) is -0.387. The summed E-state index contributed by atoms with van der Waals surface area (Å²) in [5.41, 5.74) is 3.72. The largest absolute Gasteiger partial charge is 0.350 e. The highest BCUT2D eigenvalue weighted by molar-refractivity contribution is 7.75. The first kappa shape index (κ1) is 23.2. The van der Waals surface area contributed by atoms with Crippen molar-refractivity contribution in [2.24, 2.45) is 0 Å². The van der Waals surface area contributed by atoms with Gasteiger partial charge in [0.15, 0.2) is 0 Å². The second-order valence-corrected chi connectivity index (χ2v) is 10.7. The topological polar surface area (TPSA) is 84.1 Å². The Kier molecular flexibility index (Phi) is 6.71. The third kappa shape index (κ3) is 4.60. The number of aromatic nitrogens is 2. The molecular weight excluding hydrogens is 457 g/mol. The number of carbonyl (C=O) groups excluding carboxylic acids is 1. The summed E-state index contributed by atoms with van der Waals surface area (Å²) in [5, 5.41) is 4.83. The number of hydrogen-bond donors (Lipinski definition) is 2. The monoisotopic (exact) mass is 481 g/mol. The van der Waals surface area contributed by atoms with E-state index in [9.17, 15) is 9.36 Å². The number of nitrogens with zero attached hydrogens (tertiary/aromatic N) is 1. The van der Waals surface area contributed by atoms with Crippen LogP contribution in [0.1, 0.15) is 34.1 Å². The van der Waals surface area contributed by atoms with Crippen LogP contribution < -0.4 is 15.9 Å². The number of carbonyl (C=O) groups is 1. The number of H-pyrrole nitrogens is 1. The smallest absolute Gasteiger partial charge is 0.268 e. The first-order valence-corrected chi connectivity index (χ1v) is 12.6. The predicted octanol–water partition coefficient (Wildman–Crippen LogP) is 4.89. The molecule has 1 amide bonds. The van der Waals surface area contributed by atoms with Crippen LogP contribution in [0.3, 0.4) is 0 Å². The molecule has 0 aliphatic carbocycles. The molecule has 0 bridgehead atoms. The minimum absolute atomic E-state index is 0.195. The van der Waals surface area contributed by atoms with Crippen LogP contribution in [0.25, 0.3) is 10.9 Å². The van der Waals surface area contributed by atoms with Gasteiger partial charge >= 0.3 is 0 Å². The summed E-state index contributed by atoms with van der Waals surface area (Å²) in [6, 6.07) is 14.7. The number of hydrogen-bond acceptors (Lipinski definition) is 4. The fourth-order valence-corrected chi connectivity index (χ4v) is 6.42. The van der Waals surface area contributed by atoms with Crippen molar-refractivity contribution in [3.8, 4) is 0 Å². The quantitative estimate of drug-likeness (QED) is 0.368. The zero-order valence-corrected chi connectivity index (χ0v) is 20.3. The third-order valence-electron chi connectivity index (χ3n) is 5.56. The van der Waals surface area contributed by atoms with Crippen LogP contribution in [0.5, 0.6) is 0 Å². The van der Waals surface area contributed by atoms with Gasteiger partial charge in [0.2, 0.25) is 0 Å². The summed E-state index contributed by atoms with van der Waals surface area (Å²) >= 11 is 6.28. The van der Waals surface area contributed by atoms with E-state index in [1.807, 2.05) is 32.0 Å². The molecule has 4 aromatic rings. The zero-order chi connectivity index (χ0) is 23.6. The lowest BCUT2D eigenvalue weighted by molar-refractivity contribution is 0.0947. The van der Waals surface area contributed by atoms with Crippen LogP contribution in [-0.2, 0) is 22.1 Å². The number of fused-ring (bicyclic) bond motifs is 1. The highest BCUT2D eigenvalue weighted by Crippen LogP contribution is 2.47. The summed E-state index contributed by atoms with van der Waals surface area (Å²) in [6.07, 6.45) is 4.15. The van der Waals surface area contributed by atoms with Gasteiger partial charge in [0.1, 0.15) is 5.69 Å². The average molecular weight is 482 g/mol. The molecule has 0 saturated heterocycles. The second kappa shape index (κ2) is 9.52. The molecule has 2 N–H and O–H groups in total. The standard InChI is InChI=1S/C25H25ClN3O3P/c1-4-17-10-16(2)11-20(12-17)33(31,32-3)24-21-13-19(26)7-8-22(21)29-23(24)25(30)28-15-18-6-5-9-27-14-18/h5-14,29H,4,15H2,1-3H3,(H,28,30). The van der Waals surface area contributed by atoms with Crippen molar-refractivity contribution < 1.29 is 13.9 Å². The SMILES string of the molecule is CCc1cc(C)cc(P(=O)(OC)c2c(C(=O)NCc3cccnc3)[nH]c3ccc(Cl)cc23)c1. The summed E-state index contributed by atoms with van der Waals surface area (Å²) in [4.78, 5) is 20.5. The van der Waals surface area contributed by atoms with Crippen LogP contribution >= 0.6 is 19.0 Å². The number of rotatable bonds is 7. The molecule has 2 aromatic carbocycles. The number of nitrogens with one attached hydrogen (secondary N) is 2. The summed E-state index contributed by atoms with van der Waals surface area (Å²) in [6.45, 7) is 4.28. The highest BCUT2D eigenvalue weighted by Gasteiger charge is 2.36. The number of amides is 1. The number of pyridine rings is 1. The second-order valence-electron chi connectivity index (χ2n) is 7.85.